The van der Waals surface area contributed by atoms with Crippen LogP contribution in [0.2, 0.25) is 5.02 Å². The standard InChI is InChI=1S/C12H17ClO2/c1-9(2)10(7-14)8-15-12-5-3-11(13)4-6-12/h3-6,9-10,14H,7-8H2,1-2H3. The molecule has 1 aromatic carbocycles. The van der Waals surface area contributed by atoms with Crippen LogP contribution in [0.25, 0.3) is 0 Å². The maximum absolute atomic E-state index is 9.12. The third-order valence-corrected chi connectivity index (χ3v) is 2.71. The number of halogens is 1. The van der Waals surface area contributed by atoms with Gasteiger partial charge in [0.05, 0.1) is 6.61 Å². The van der Waals surface area contributed by atoms with Gasteiger partial charge in [-0.25, -0.2) is 0 Å². The minimum Gasteiger partial charge on any atom is -0.493 e. The van der Waals surface area contributed by atoms with E-state index in [0.717, 1.165) is 5.75 Å². The van der Waals surface area contributed by atoms with Crippen LogP contribution >= 0.6 is 11.6 Å². The molecule has 0 saturated carbocycles. The highest BCUT2D eigenvalue weighted by molar-refractivity contribution is 6.30. The monoisotopic (exact) mass is 228 g/mol. The number of rotatable bonds is 5. The van der Waals surface area contributed by atoms with Gasteiger partial charge < -0.3 is 9.84 Å². The van der Waals surface area contributed by atoms with E-state index in [1.165, 1.54) is 0 Å². The molecule has 1 rings (SSSR count). The SMILES string of the molecule is CC(C)C(CO)COc1ccc(Cl)cc1. The summed E-state index contributed by atoms with van der Waals surface area (Å²) < 4.78 is 5.56. The third kappa shape index (κ3) is 4.10. The van der Waals surface area contributed by atoms with E-state index < -0.39 is 0 Å². The minimum atomic E-state index is 0.158. The van der Waals surface area contributed by atoms with Crippen molar-refractivity contribution >= 4 is 11.6 Å². The number of hydrogen-bond donors (Lipinski definition) is 1. The van der Waals surface area contributed by atoms with E-state index in [9.17, 15) is 0 Å². The van der Waals surface area contributed by atoms with Gasteiger partial charge in [0.15, 0.2) is 0 Å². The molecule has 0 saturated heterocycles. The van der Waals surface area contributed by atoms with Gasteiger partial charge in [-0.05, 0) is 30.2 Å². The van der Waals surface area contributed by atoms with Crippen molar-refractivity contribution in [1.82, 2.24) is 0 Å². The average Bonchev–Trinajstić information content (AvgIpc) is 2.21. The zero-order chi connectivity index (χ0) is 11.3. The van der Waals surface area contributed by atoms with Gasteiger partial charge >= 0.3 is 0 Å². The molecule has 0 heterocycles. The molecule has 0 amide bonds. The van der Waals surface area contributed by atoms with Crippen LogP contribution in [0.15, 0.2) is 24.3 Å². The lowest BCUT2D eigenvalue weighted by Crippen LogP contribution is -2.21. The van der Waals surface area contributed by atoms with Crippen LogP contribution in [0.5, 0.6) is 5.75 Å². The van der Waals surface area contributed by atoms with Crippen LogP contribution in [0.3, 0.4) is 0 Å². The Morgan fingerprint density at radius 2 is 1.87 bits per heavy atom. The second-order valence-electron chi connectivity index (χ2n) is 3.95. The highest BCUT2D eigenvalue weighted by Gasteiger charge is 2.12. The molecule has 1 aromatic rings. The summed E-state index contributed by atoms with van der Waals surface area (Å²) in [5, 5.41) is 9.82. The second-order valence-corrected chi connectivity index (χ2v) is 4.39. The highest BCUT2D eigenvalue weighted by Crippen LogP contribution is 2.17. The largest absolute Gasteiger partial charge is 0.493 e. The second kappa shape index (κ2) is 5.99. The van der Waals surface area contributed by atoms with E-state index in [1.807, 2.05) is 12.1 Å². The zero-order valence-corrected chi connectivity index (χ0v) is 9.87. The fraction of sp³-hybridized carbons (Fsp3) is 0.500. The Morgan fingerprint density at radius 1 is 1.27 bits per heavy atom. The number of hydrogen-bond acceptors (Lipinski definition) is 2. The number of ether oxygens (including phenoxy) is 1. The molecule has 0 spiro atoms. The minimum absolute atomic E-state index is 0.158. The normalized spacial score (nSPS) is 12.9. The summed E-state index contributed by atoms with van der Waals surface area (Å²) in [7, 11) is 0. The van der Waals surface area contributed by atoms with Crippen LogP contribution in [-0.4, -0.2) is 18.3 Å². The van der Waals surface area contributed by atoms with Gasteiger partial charge in [0, 0.05) is 17.5 Å². The lowest BCUT2D eigenvalue weighted by Gasteiger charge is -2.18. The van der Waals surface area contributed by atoms with E-state index in [1.54, 1.807) is 12.1 Å². The van der Waals surface area contributed by atoms with Crippen LogP contribution in [0.4, 0.5) is 0 Å². The lowest BCUT2D eigenvalue weighted by molar-refractivity contribution is 0.130. The quantitative estimate of drug-likeness (QED) is 0.840. The molecule has 0 aromatic heterocycles. The van der Waals surface area contributed by atoms with Crippen LogP contribution in [0.1, 0.15) is 13.8 Å². The molecule has 1 unspecified atom stereocenters. The summed E-state index contributed by atoms with van der Waals surface area (Å²) in [6.45, 7) is 4.85. The van der Waals surface area contributed by atoms with Gasteiger partial charge in [-0.1, -0.05) is 25.4 Å². The van der Waals surface area contributed by atoms with Crippen molar-refractivity contribution in [3.63, 3.8) is 0 Å². The Balaban J connectivity index is 2.45. The molecule has 1 atom stereocenters. The maximum atomic E-state index is 9.12. The Hall–Kier alpha value is -0.730. The Bertz CT molecular complexity index is 282. The number of aliphatic hydroxyl groups is 1. The molecule has 0 bridgehead atoms. The van der Waals surface area contributed by atoms with Crippen molar-refractivity contribution in [2.75, 3.05) is 13.2 Å². The molecule has 2 nitrogen and oxygen atoms in total. The Morgan fingerprint density at radius 3 is 2.33 bits per heavy atom. The molecular formula is C12H17ClO2. The van der Waals surface area contributed by atoms with Gasteiger partial charge in [0.2, 0.25) is 0 Å². The fourth-order valence-electron chi connectivity index (χ4n) is 1.19. The molecular weight excluding hydrogens is 212 g/mol. The van der Waals surface area contributed by atoms with E-state index in [2.05, 4.69) is 13.8 Å². The summed E-state index contributed by atoms with van der Waals surface area (Å²) in [6.07, 6.45) is 0. The molecule has 84 valence electrons. The van der Waals surface area contributed by atoms with E-state index in [4.69, 9.17) is 21.4 Å². The summed E-state index contributed by atoms with van der Waals surface area (Å²) >= 11 is 5.76. The van der Waals surface area contributed by atoms with Gasteiger partial charge in [0.1, 0.15) is 5.75 Å². The molecule has 15 heavy (non-hydrogen) atoms. The molecule has 0 aliphatic carbocycles. The summed E-state index contributed by atoms with van der Waals surface area (Å²) in [5.74, 6) is 1.39. The van der Waals surface area contributed by atoms with E-state index in [0.29, 0.717) is 17.5 Å². The van der Waals surface area contributed by atoms with Gasteiger partial charge in [-0.3, -0.25) is 0 Å². The predicted octanol–water partition coefficient (Wildman–Crippen LogP) is 2.98. The molecule has 0 fully saturated rings. The van der Waals surface area contributed by atoms with E-state index >= 15 is 0 Å². The molecule has 3 heteroatoms. The number of benzene rings is 1. The predicted molar refractivity (Wildman–Crippen MR) is 62.4 cm³/mol. The molecule has 0 aliphatic rings. The Kier molecular flexibility index (Phi) is 4.92. The first-order chi connectivity index (χ1) is 7.13. The summed E-state index contributed by atoms with van der Waals surface area (Å²) in [5.41, 5.74) is 0. The molecule has 1 N–H and O–H groups in total. The molecule has 0 aliphatic heterocycles. The zero-order valence-electron chi connectivity index (χ0n) is 9.11. The van der Waals surface area contributed by atoms with Crippen molar-refractivity contribution in [3.05, 3.63) is 29.3 Å². The first kappa shape index (κ1) is 12.3. The fourth-order valence-corrected chi connectivity index (χ4v) is 1.32. The first-order valence-corrected chi connectivity index (χ1v) is 5.50. The van der Waals surface area contributed by atoms with Crippen molar-refractivity contribution in [1.29, 1.82) is 0 Å². The van der Waals surface area contributed by atoms with E-state index in [-0.39, 0.29) is 12.5 Å². The van der Waals surface area contributed by atoms with Crippen molar-refractivity contribution in [2.45, 2.75) is 13.8 Å². The Labute approximate surface area is 95.8 Å². The van der Waals surface area contributed by atoms with Crippen LogP contribution in [0, 0.1) is 11.8 Å². The van der Waals surface area contributed by atoms with Crippen LogP contribution < -0.4 is 4.74 Å². The first-order valence-electron chi connectivity index (χ1n) is 5.12. The summed E-state index contributed by atoms with van der Waals surface area (Å²) in [6, 6.07) is 7.24. The van der Waals surface area contributed by atoms with Gasteiger partial charge in [0.25, 0.3) is 0 Å². The highest BCUT2D eigenvalue weighted by atomic mass is 35.5. The third-order valence-electron chi connectivity index (χ3n) is 2.46. The van der Waals surface area contributed by atoms with Crippen LogP contribution in [-0.2, 0) is 0 Å². The maximum Gasteiger partial charge on any atom is 0.119 e. The van der Waals surface area contributed by atoms with Crippen molar-refractivity contribution in [3.8, 4) is 5.75 Å². The lowest BCUT2D eigenvalue weighted by atomic mass is 9.98. The van der Waals surface area contributed by atoms with Gasteiger partial charge in [-0.2, -0.15) is 0 Å². The summed E-state index contributed by atoms with van der Waals surface area (Å²) in [4.78, 5) is 0. The topological polar surface area (TPSA) is 29.5 Å². The smallest absolute Gasteiger partial charge is 0.119 e. The number of aliphatic hydroxyl groups excluding tert-OH is 1. The van der Waals surface area contributed by atoms with Crippen molar-refractivity contribution in [2.24, 2.45) is 11.8 Å². The van der Waals surface area contributed by atoms with Crippen molar-refractivity contribution < 1.29 is 9.84 Å². The van der Waals surface area contributed by atoms with Gasteiger partial charge in [-0.15, -0.1) is 0 Å². The molecule has 0 radical (unpaired) electrons. The average molecular weight is 229 g/mol.